The number of amides is 2. The van der Waals surface area contributed by atoms with Gasteiger partial charge in [0, 0.05) is 11.4 Å². The number of aryl methyl sites for hydroxylation is 1. The van der Waals surface area contributed by atoms with Crippen molar-refractivity contribution >= 4 is 45.0 Å². The molecule has 0 saturated heterocycles. The van der Waals surface area contributed by atoms with Gasteiger partial charge >= 0.3 is 0 Å². The lowest BCUT2D eigenvalue weighted by molar-refractivity contribution is -0.114. The molecule has 44 heavy (non-hydrogen) atoms. The van der Waals surface area contributed by atoms with Crippen molar-refractivity contribution in [1.82, 2.24) is 5.32 Å². The van der Waals surface area contributed by atoms with Crippen LogP contribution in [-0.2, 0) is 21.2 Å². The lowest BCUT2D eigenvalue weighted by Crippen LogP contribution is -2.38. The van der Waals surface area contributed by atoms with E-state index >= 15 is 0 Å². The Balaban J connectivity index is 1.49. The molecular formula is C33H35N3O6S2. The van der Waals surface area contributed by atoms with Crippen molar-refractivity contribution in [1.29, 1.82) is 0 Å². The van der Waals surface area contributed by atoms with Crippen LogP contribution >= 0.6 is 11.8 Å². The van der Waals surface area contributed by atoms with Gasteiger partial charge in [-0.15, -0.1) is 11.8 Å². The van der Waals surface area contributed by atoms with E-state index in [2.05, 4.69) is 10.6 Å². The largest absolute Gasteiger partial charge is 0.493 e. The third-order valence-corrected chi connectivity index (χ3v) is 9.38. The smallest absolute Gasteiger partial charge is 0.264 e. The predicted octanol–water partition coefficient (Wildman–Crippen LogP) is 5.54. The van der Waals surface area contributed by atoms with E-state index in [1.54, 1.807) is 80.9 Å². The molecule has 0 aliphatic carbocycles. The predicted molar refractivity (Wildman–Crippen MR) is 175 cm³/mol. The van der Waals surface area contributed by atoms with Crippen molar-refractivity contribution in [3.05, 3.63) is 108 Å². The van der Waals surface area contributed by atoms with Gasteiger partial charge in [0.1, 0.15) is 6.54 Å². The number of hydrogen-bond acceptors (Lipinski definition) is 7. The lowest BCUT2D eigenvalue weighted by Gasteiger charge is -2.24. The second-order valence-corrected chi connectivity index (χ2v) is 12.6. The normalized spacial score (nSPS) is 11.0. The summed E-state index contributed by atoms with van der Waals surface area (Å²) >= 11 is 1.50. The summed E-state index contributed by atoms with van der Waals surface area (Å²) < 4.78 is 39.2. The number of nitrogens with zero attached hydrogens (tertiary/aromatic N) is 1. The Morgan fingerprint density at radius 3 is 2.20 bits per heavy atom. The molecule has 4 aromatic rings. The monoisotopic (exact) mass is 633 g/mol. The highest BCUT2D eigenvalue weighted by Crippen LogP contribution is 2.28. The third-order valence-electron chi connectivity index (χ3n) is 6.85. The van der Waals surface area contributed by atoms with Gasteiger partial charge in [-0.2, -0.15) is 0 Å². The SMILES string of the molecule is COc1ccc(CCNC(=O)c2ccccc2NC(=O)CN(c2ccc(C)cc2)S(=O)(=O)c2ccc(SC)cc2)cc1OC. The summed E-state index contributed by atoms with van der Waals surface area (Å²) in [4.78, 5) is 27.5. The van der Waals surface area contributed by atoms with E-state index in [-0.39, 0.29) is 22.1 Å². The maximum Gasteiger partial charge on any atom is 0.264 e. The van der Waals surface area contributed by atoms with Gasteiger partial charge in [0.15, 0.2) is 11.5 Å². The van der Waals surface area contributed by atoms with Crippen LogP contribution in [0.4, 0.5) is 11.4 Å². The number of thioether (sulfide) groups is 1. The van der Waals surface area contributed by atoms with E-state index < -0.39 is 22.5 Å². The molecule has 0 unspecified atom stereocenters. The van der Waals surface area contributed by atoms with E-state index in [1.807, 2.05) is 25.3 Å². The molecule has 0 bridgehead atoms. The van der Waals surface area contributed by atoms with Crippen LogP contribution in [0, 0.1) is 6.92 Å². The summed E-state index contributed by atoms with van der Waals surface area (Å²) in [6.07, 6.45) is 2.45. The summed E-state index contributed by atoms with van der Waals surface area (Å²) in [5, 5.41) is 5.62. The Morgan fingerprint density at radius 2 is 1.55 bits per heavy atom. The number of benzene rings is 4. The molecule has 0 aromatic heterocycles. The second kappa shape index (κ2) is 14.8. The quantitative estimate of drug-likeness (QED) is 0.186. The van der Waals surface area contributed by atoms with Gasteiger partial charge in [0.05, 0.1) is 36.1 Å². The minimum atomic E-state index is -4.09. The van der Waals surface area contributed by atoms with Crippen LogP contribution in [0.15, 0.2) is 101 Å². The number of sulfonamides is 1. The van der Waals surface area contributed by atoms with Gasteiger partial charge in [-0.1, -0.05) is 35.9 Å². The lowest BCUT2D eigenvalue weighted by atomic mass is 10.1. The van der Waals surface area contributed by atoms with E-state index in [9.17, 15) is 18.0 Å². The fourth-order valence-corrected chi connectivity index (χ4v) is 6.29. The second-order valence-electron chi connectivity index (χ2n) is 9.81. The van der Waals surface area contributed by atoms with Crippen molar-refractivity contribution in [2.45, 2.75) is 23.1 Å². The highest BCUT2D eigenvalue weighted by Gasteiger charge is 2.28. The van der Waals surface area contributed by atoms with Gasteiger partial charge < -0.3 is 20.1 Å². The van der Waals surface area contributed by atoms with E-state index in [1.165, 1.54) is 23.9 Å². The van der Waals surface area contributed by atoms with Gasteiger partial charge in [-0.25, -0.2) is 8.42 Å². The van der Waals surface area contributed by atoms with Crippen molar-refractivity contribution in [2.24, 2.45) is 0 Å². The van der Waals surface area contributed by atoms with Crippen LogP contribution in [0.25, 0.3) is 0 Å². The Labute approximate surface area is 262 Å². The molecule has 0 saturated carbocycles. The van der Waals surface area contributed by atoms with Crippen molar-refractivity contribution < 1.29 is 27.5 Å². The molecule has 0 fully saturated rings. The van der Waals surface area contributed by atoms with Crippen LogP contribution in [-0.4, -0.2) is 53.8 Å². The van der Waals surface area contributed by atoms with Crippen molar-refractivity contribution in [3.63, 3.8) is 0 Å². The molecule has 0 spiro atoms. The van der Waals surface area contributed by atoms with E-state index in [0.29, 0.717) is 30.2 Å². The van der Waals surface area contributed by atoms with Crippen LogP contribution in [0.1, 0.15) is 21.5 Å². The Kier molecular flexibility index (Phi) is 10.9. The summed E-state index contributed by atoms with van der Waals surface area (Å²) in [6, 6.07) is 25.6. The van der Waals surface area contributed by atoms with Crippen LogP contribution in [0.2, 0.25) is 0 Å². The summed E-state index contributed by atoms with van der Waals surface area (Å²) in [7, 11) is -0.957. The molecule has 2 amide bonds. The number of ether oxygens (including phenoxy) is 2. The number of rotatable bonds is 13. The van der Waals surface area contributed by atoms with E-state index in [4.69, 9.17) is 9.47 Å². The molecule has 9 nitrogen and oxygen atoms in total. The minimum absolute atomic E-state index is 0.0675. The van der Waals surface area contributed by atoms with Crippen molar-refractivity contribution in [3.8, 4) is 11.5 Å². The van der Waals surface area contributed by atoms with Gasteiger partial charge in [-0.05, 0) is 85.8 Å². The zero-order valence-electron chi connectivity index (χ0n) is 25.0. The molecule has 0 aliphatic heterocycles. The van der Waals surface area contributed by atoms with Crippen LogP contribution < -0.4 is 24.4 Å². The van der Waals surface area contributed by atoms with Gasteiger partial charge in [-0.3, -0.25) is 13.9 Å². The number of carbonyl (C=O) groups is 2. The summed E-state index contributed by atoms with van der Waals surface area (Å²) in [6.45, 7) is 1.74. The molecule has 230 valence electrons. The first-order valence-corrected chi connectivity index (χ1v) is 16.4. The topological polar surface area (TPSA) is 114 Å². The molecular weight excluding hydrogens is 599 g/mol. The minimum Gasteiger partial charge on any atom is -0.493 e. The van der Waals surface area contributed by atoms with Crippen LogP contribution in [0.3, 0.4) is 0 Å². The number of hydrogen-bond donors (Lipinski definition) is 2. The Hall–Kier alpha value is -4.48. The molecule has 4 aromatic carbocycles. The third kappa shape index (κ3) is 7.91. The Morgan fingerprint density at radius 1 is 0.864 bits per heavy atom. The first-order chi connectivity index (χ1) is 21.2. The zero-order valence-corrected chi connectivity index (χ0v) is 26.6. The fraction of sp³-hybridized carbons (Fsp3) is 0.212. The molecule has 2 N–H and O–H groups in total. The first-order valence-electron chi connectivity index (χ1n) is 13.8. The molecule has 0 heterocycles. The van der Waals surface area contributed by atoms with Gasteiger partial charge in [0.25, 0.3) is 15.9 Å². The Bertz CT molecular complexity index is 1710. The number of nitrogens with one attached hydrogen (secondary N) is 2. The number of methoxy groups -OCH3 is 2. The van der Waals surface area contributed by atoms with Gasteiger partial charge in [0.2, 0.25) is 5.91 Å². The molecule has 0 radical (unpaired) electrons. The summed E-state index contributed by atoms with van der Waals surface area (Å²) in [5.41, 5.74) is 2.77. The highest BCUT2D eigenvalue weighted by molar-refractivity contribution is 7.98. The summed E-state index contributed by atoms with van der Waals surface area (Å²) in [5.74, 6) is 0.244. The fourth-order valence-electron chi connectivity index (χ4n) is 4.46. The van der Waals surface area contributed by atoms with Crippen molar-refractivity contribution in [2.75, 3.05) is 43.2 Å². The first kappa shape index (κ1) is 32.4. The molecule has 4 rings (SSSR count). The maximum absolute atomic E-state index is 13.8. The number of anilines is 2. The molecule has 11 heteroatoms. The van der Waals surface area contributed by atoms with E-state index in [0.717, 1.165) is 20.3 Å². The average Bonchev–Trinajstić information content (AvgIpc) is 3.04. The molecule has 0 atom stereocenters. The van der Waals surface area contributed by atoms with Crippen LogP contribution in [0.5, 0.6) is 11.5 Å². The maximum atomic E-state index is 13.8. The highest BCUT2D eigenvalue weighted by atomic mass is 32.2. The average molecular weight is 634 g/mol. The number of carbonyl (C=O) groups excluding carboxylic acids is 2. The number of para-hydroxylation sites is 1. The zero-order chi connectivity index (χ0) is 31.7. The standard InChI is InChI=1S/C33H35N3O6S2/c1-23-9-12-25(13-10-23)36(44(39,40)27-16-14-26(43-4)15-17-27)22-32(37)35-29-8-6-5-7-28(29)33(38)34-20-19-24-11-18-30(41-2)31(21-24)42-3/h5-18,21H,19-20,22H2,1-4H3,(H,34,38)(H,35,37). The molecule has 0 aliphatic rings.